The smallest absolute Gasteiger partial charge is 0.316 e. The molecule has 194 valence electrons. The predicted octanol–water partition coefficient (Wildman–Crippen LogP) is 9.72. The molecule has 2 aromatic rings. The zero-order chi connectivity index (χ0) is 25.1. The first-order valence-corrected chi connectivity index (χ1v) is 13.8. The Morgan fingerprint density at radius 2 is 1.43 bits per heavy atom. The van der Waals surface area contributed by atoms with Crippen molar-refractivity contribution in [1.82, 2.24) is 0 Å². The van der Waals surface area contributed by atoms with Crippen LogP contribution >= 0.6 is 0 Å². The number of hydrogen-bond donors (Lipinski definition) is 0. The van der Waals surface area contributed by atoms with Crippen LogP contribution in [0, 0.1) is 11.7 Å². The van der Waals surface area contributed by atoms with E-state index in [2.05, 4.69) is 26.0 Å². The van der Waals surface area contributed by atoms with Crippen LogP contribution in [0.25, 0.3) is 0 Å². The average Bonchev–Trinajstić information content (AvgIpc) is 2.85. The van der Waals surface area contributed by atoms with Gasteiger partial charge in [-0.25, -0.2) is 4.39 Å². The summed E-state index contributed by atoms with van der Waals surface area (Å²) in [6.45, 7) is 4.24. The molecule has 1 saturated carbocycles. The van der Waals surface area contributed by atoms with Crippen molar-refractivity contribution >= 4 is 0 Å². The van der Waals surface area contributed by atoms with Crippen LogP contribution in [0.15, 0.2) is 42.5 Å². The van der Waals surface area contributed by atoms with Gasteiger partial charge in [-0.15, -0.1) is 0 Å². The van der Waals surface area contributed by atoms with Crippen molar-refractivity contribution in [2.75, 3.05) is 6.61 Å². The minimum absolute atomic E-state index is 0.161. The summed E-state index contributed by atoms with van der Waals surface area (Å²) in [6, 6.07) is 12.3. The summed E-state index contributed by atoms with van der Waals surface area (Å²) >= 11 is 0. The van der Waals surface area contributed by atoms with Gasteiger partial charge in [0, 0.05) is 0 Å². The van der Waals surface area contributed by atoms with E-state index in [1.54, 1.807) is 6.07 Å². The number of hydrogen-bond acceptors (Lipinski definition) is 1. The van der Waals surface area contributed by atoms with Crippen LogP contribution in [0.3, 0.4) is 0 Å². The Hall–Kier alpha value is -1.81. The molecule has 0 radical (unpaired) electrons. The van der Waals surface area contributed by atoms with Crippen LogP contribution in [0.5, 0.6) is 0 Å². The van der Waals surface area contributed by atoms with E-state index in [1.165, 1.54) is 56.2 Å². The first kappa shape index (κ1) is 27.8. The standard InChI is InChI=1S/C31H43F3O/c1-3-5-7-9-24-11-13-26(14-12-24)21-22-35-31(33,34)29-20-19-28(23-30(29)32)27-17-15-25(16-18-27)10-8-6-4-2/h11-14,19-20,23,25,27H,3-10,15-18,21-22H2,1-2H3/t25-,27-. The van der Waals surface area contributed by atoms with Crippen LogP contribution in [0.1, 0.15) is 113 Å². The first-order chi connectivity index (χ1) is 16.9. The van der Waals surface area contributed by atoms with Crippen molar-refractivity contribution in [2.24, 2.45) is 5.92 Å². The van der Waals surface area contributed by atoms with Crippen LogP contribution < -0.4 is 0 Å². The number of benzene rings is 2. The molecule has 0 amide bonds. The normalized spacial score (nSPS) is 18.7. The summed E-state index contributed by atoms with van der Waals surface area (Å²) in [5.41, 5.74) is 2.38. The zero-order valence-corrected chi connectivity index (χ0v) is 21.6. The third-order valence-electron chi connectivity index (χ3n) is 7.61. The molecule has 1 nitrogen and oxygen atoms in total. The van der Waals surface area contributed by atoms with Gasteiger partial charge in [0.15, 0.2) is 0 Å². The molecule has 0 heterocycles. The van der Waals surface area contributed by atoms with Gasteiger partial charge in [-0.3, -0.25) is 0 Å². The SMILES string of the molecule is CCCCCc1ccc(CCOC(F)(F)c2ccc([C@H]3CC[C@H](CCCCC)CC3)cc2F)cc1. The van der Waals surface area contributed by atoms with E-state index in [0.29, 0.717) is 6.42 Å². The van der Waals surface area contributed by atoms with Crippen LogP contribution in [0.4, 0.5) is 13.2 Å². The molecule has 2 aromatic carbocycles. The topological polar surface area (TPSA) is 9.23 Å². The summed E-state index contributed by atoms with van der Waals surface area (Å²) in [5.74, 6) is 0.159. The maximum absolute atomic E-state index is 14.7. The van der Waals surface area contributed by atoms with E-state index in [-0.39, 0.29) is 12.5 Å². The van der Waals surface area contributed by atoms with Crippen LogP contribution in [0.2, 0.25) is 0 Å². The Morgan fingerprint density at radius 3 is 2.06 bits per heavy atom. The number of aryl methyl sites for hydroxylation is 1. The second-order valence-corrected chi connectivity index (χ2v) is 10.3. The Labute approximate surface area is 210 Å². The van der Waals surface area contributed by atoms with E-state index in [0.717, 1.165) is 55.6 Å². The Morgan fingerprint density at radius 1 is 0.800 bits per heavy atom. The fraction of sp³-hybridized carbons (Fsp3) is 0.613. The monoisotopic (exact) mass is 488 g/mol. The van der Waals surface area contributed by atoms with E-state index in [1.807, 2.05) is 12.1 Å². The van der Waals surface area contributed by atoms with Crippen molar-refractivity contribution in [3.05, 3.63) is 70.5 Å². The molecule has 0 aromatic heterocycles. The lowest BCUT2D eigenvalue weighted by Gasteiger charge is -2.29. The van der Waals surface area contributed by atoms with Gasteiger partial charge in [-0.2, -0.15) is 8.78 Å². The lowest BCUT2D eigenvalue weighted by molar-refractivity contribution is -0.249. The average molecular weight is 489 g/mol. The Kier molecular flexibility index (Phi) is 11.2. The summed E-state index contributed by atoms with van der Waals surface area (Å²) in [4.78, 5) is 0. The molecule has 0 saturated heterocycles. The third-order valence-corrected chi connectivity index (χ3v) is 7.61. The molecule has 3 rings (SSSR count). The molecule has 0 aliphatic heterocycles. The summed E-state index contributed by atoms with van der Waals surface area (Å²) in [7, 11) is 0. The molecule has 1 aliphatic carbocycles. The molecule has 0 unspecified atom stereocenters. The maximum atomic E-state index is 14.7. The molecule has 35 heavy (non-hydrogen) atoms. The van der Waals surface area contributed by atoms with Crippen molar-refractivity contribution in [3.8, 4) is 0 Å². The highest BCUT2D eigenvalue weighted by molar-refractivity contribution is 5.29. The summed E-state index contributed by atoms with van der Waals surface area (Å²) < 4.78 is 49.0. The summed E-state index contributed by atoms with van der Waals surface area (Å²) in [6.07, 6.45) is 10.7. The Bertz CT molecular complexity index is 869. The zero-order valence-electron chi connectivity index (χ0n) is 21.6. The van der Waals surface area contributed by atoms with E-state index < -0.39 is 17.5 Å². The quantitative estimate of drug-likeness (QED) is 0.240. The molecular weight excluding hydrogens is 445 g/mol. The minimum atomic E-state index is -3.64. The van der Waals surface area contributed by atoms with Gasteiger partial charge in [-0.05, 0) is 85.6 Å². The molecule has 0 atom stereocenters. The fourth-order valence-corrected chi connectivity index (χ4v) is 5.32. The van der Waals surface area contributed by atoms with Gasteiger partial charge in [0.05, 0.1) is 12.2 Å². The number of unbranched alkanes of at least 4 members (excludes halogenated alkanes) is 4. The molecule has 1 fully saturated rings. The van der Waals surface area contributed by atoms with Crippen LogP contribution in [-0.4, -0.2) is 6.61 Å². The number of halogens is 3. The minimum Gasteiger partial charge on any atom is -0.316 e. The summed E-state index contributed by atoms with van der Waals surface area (Å²) in [5, 5.41) is 0. The Balaban J connectivity index is 1.48. The molecular formula is C31H43F3O. The number of ether oxygens (including phenoxy) is 1. The van der Waals surface area contributed by atoms with Gasteiger partial charge in [0.1, 0.15) is 5.82 Å². The van der Waals surface area contributed by atoms with E-state index in [9.17, 15) is 13.2 Å². The third kappa shape index (κ3) is 8.66. The van der Waals surface area contributed by atoms with Gasteiger partial charge < -0.3 is 4.74 Å². The largest absolute Gasteiger partial charge is 0.386 e. The van der Waals surface area contributed by atoms with Gasteiger partial charge in [0.25, 0.3) is 0 Å². The van der Waals surface area contributed by atoms with Crippen molar-refractivity contribution in [3.63, 3.8) is 0 Å². The fourth-order valence-electron chi connectivity index (χ4n) is 5.32. The lowest BCUT2D eigenvalue weighted by atomic mass is 9.77. The van der Waals surface area contributed by atoms with Crippen molar-refractivity contribution in [1.29, 1.82) is 0 Å². The highest BCUT2D eigenvalue weighted by Crippen LogP contribution is 2.39. The first-order valence-electron chi connectivity index (χ1n) is 13.8. The van der Waals surface area contributed by atoms with E-state index >= 15 is 0 Å². The van der Waals surface area contributed by atoms with Crippen molar-refractivity contribution in [2.45, 2.75) is 109 Å². The maximum Gasteiger partial charge on any atom is 0.386 e. The van der Waals surface area contributed by atoms with E-state index in [4.69, 9.17) is 4.74 Å². The lowest BCUT2D eigenvalue weighted by Crippen LogP contribution is -2.22. The highest BCUT2D eigenvalue weighted by atomic mass is 19.3. The molecule has 0 bridgehead atoms. The van der Waals surface area contributed by atoms with Crippen LogP contribution in [-0.2, 0) is 23.7 Å². The molecule has 0 N–H and O–H groups in total. The molecule has 0 spiro atoms. The van der Waals surface area contributed by atoms with Crippen molar-refractivity contribution < 1.29 is 17.9 Å². The highest BCUT2D eigenvalue weighted by Gasteiger charge is 2.36. The number of rotatable bonds is 14. The second-order valence-electron chi connectivity index (χ2n) is 10.3. The van der Waals surface area contributed by atoms with Gasteiger partial charge in [0.2, 0.25) is 0 Å². The predicted molar refractivity (Wildman–Crippen MR) is 138 cm³/mol. The van der Waals surface area contributed by atoms with Gasteiger partial charge >= 0.3 is 6.11 Å². The number of alkyl halides is 2. The second kappa shape index (κ2) is 14.1. The van der Waals surface area contributed by atoms with Gasteiger partial charge in [-0.1, -0.05) is 82.7 Å². The molecule has 1 aliphatic rings. The molecule has 4 heteroatoms.